The number of sulfonamides is 1. The van der Waals surface area contributed by atoms with Crippen LogP contribution in [0.25, 0.3) is 11.3 Å². The van der Waals surface area contributed by atoms with Crippen LogP contribution in [0.3, 0.4) is 0 Å². The van der Waals surface area contributed by atoms with Crippen LogP contribution in [0.4, 0.5) is 14.5 Å². The van der Waals surface area contributed by atoms with Gasteiger partial charge in [-0.25, -0.2) is 22.2 Å². The summed E-state index contributed by atoms with van der Waals surface area (Å²) in [6.07, 6.45) is 4.97. The van der Waals surface area contributed by atoms with Gasteiger partial charge in [0.2, 0.25) is 0 Å². The molecule has 3 aromatic carbocycles. The highest BCUT2D eigenvalue weighted by atomic mass is 32.2. The summed E-state index contributed by atoms with van der Waals surface area (Å²) in [6, 6.07) is 20.5. The monoisotopic (exact) mass is 590 g/mol. The number of benzene rings is 3. The summed E-state index contributed by atoms with van der Waals surface area (Å²) < 4.78 is 60.6. The Morgan fingerprint density at radius 3 is 2.40 bits per heavy atom. The van der Waals surface area contributed by atoms with E-state index >= 15 is 0 Å². The molecule has 5 aromatic rings. The van der Waals surface area contributed by atoms with Crippen molar-refractivity contribution < 1.29 is 26.7 Å². The first kappa shape index (κ1) is 29.1. The Hall–Kier alpha value is -4.45. The van der Waals surface area contributed by atoms with E-state index in [2.05, 4.69) is 20.0 Å². The fourth-order valence-corrected chi connectivity index (χ4v) is 5.33. The molecule has 0 radical (unpaired) electrons. The van der Waals surface area contributed by atoms with Crippen LogP contribution in [0.15, 0.2) is 107 Å². The molecule has 3 N–H and O–H groups in total. The van der Waals surface area contributed by atoms with Crippen molar-refractivity contribution in [1.82, 2.24) is 15.3 Å². The molecule has 0 unspecified atom stereocenters. The lowest BCUT2D eigenvalue weighted by Gasteiger charge is -2.12. The number of hydrogen-bond donors (Lipinski definition) is 3. The van der Waals surface area contributed by atoms with Crippen molar-refractivity contribution in [2.45, 2.75) is 23.8 Å². The Labute approximate surface area is 242 Å². The zero-order chi connectivity index (χ0) is 29.5. The average molecular weight is 591 g/mol. The number of nitrogens with zero attached hydrogens (tertiary/aromatic N) is 2. The Kier molecular flexibility index (Phi) is 9.01. The van der Waals surface area contributed by atoms with Crippen LogP contribution in [0.2, 0.25) is 0 Å². The summed E-state index contributed by atoms with van der Waals surface area (Å²) in [5.41, 5.74) is 3.83. The number of aliphatic hydroxyl groups is 1. The Bertz CT molecular complexity index is 1730. The summed E-state index contributed by atoms with van der Waals surface area (Å²) in [6.45, 7) is 1.05. The van der Waals surface area contributed by atoms with Gasteiger partial charge in [-0.3, -0.25) is 9.71 Å². The molecule has 2 aromatic heterocycles. The highest BCUT2D eigenvalue weighted by Crippen LogP contribution is 2.24. The van der Waals surface area contributed by atoms with Crippen LogP contribution in [-0.4, -0.2) is 36.6 Å². The molecule has 0 saturated carbocycles. The quantitative estimate of drug-likeness (QED) is 0.170. The lowest BCUT2D eigenvalue weighted by Crippen LogP contribution is -2.23. The smallest absolute Gasteiger partial charge is 0.261 e. The number of aliphatic hydroxyl groups excluding tert-OH is 1. The van der Waals surface area contributed by atoms with Gasteiger partial charge in [-0.1, -0.05) is 36.4 Å². The van der Waals surface area contributed by atoms with E-state index in [-0.39, 0.29) is 11.3 Å². The number of anilines is 1. The van der Waals surface area contributed by atoms with Crippen LogP contribution < -0.4 is 10.0 Å². The molecule has 216 valence electrons. The molecule has 1 atom stereocenters. The molecule has 0 aliphatic heterocycles. The molecule has 0 spiro atoms. The number of nitrogens with one attached hydrogen (secondary N) is 2. The maximum atomic E-state index is 13.5. The van der Waals surface area contributed by atoms with Gasteiger partial charge in [0.15, 0.2) is 17.5 Å². The van der Waals surface area contributed by atoms with E-state index in [0.29, 0.717) is 47.9 Å². The average Bonchev–Trinajstić information content (AvgIpc) is 3.47. The standard InChI is InChI=1S/C31H28F2N4O4S/c32-27-12-5-22(16-28(27)33)17-31-36-29(20-41-31)23-6-10-26(11-7-23)42(39,40)37-25-8-3-21(4-9-25)13-15-35-19-30(38)24-2-1-14-34-18-24/h1-12,14,16,18,20,30,35,37-38H,13,15,17,19H2/t30-/m0/s1. The molecule has 8 nitrogen and oxygen atoms in total. The second-order valence-electron chi connectivity index (χ2n) is 9.63. The van der Waals surface area contributed by atoms with Crippen molar-refractivity contribution in [2.75, 3.05) is 17.8 Å². The molecule has 0 amide bonds. The molecule has 2 heterocycles. The van der Waals surface area contributed by atoms with Crippen molar-refractivity contribution in [1.29, 1.82) is 0 Å². The van der Waals surface area contributed by atoms with Crippen molar-refractivity contribution in [2.24, 2.45) is 0 Å². The summed E-state index contributed by atoms with van der Waals surface area (Å²) >= 11 is 0. The van der Waals surface area contributed by atoms with Crippen LogP contribution >= 0.6 is 0 Å². The Morgan fingerprint density at radius 1 is 0.929 bits per heavy atom. The van der Waals surface area contributed by atoms with E-state index in [0.717, 1.165) is 23.3 Å². The number of halogens is 2. The molecule has 0 fully saturated rings. The number of rotatable bonds is 12. The first-order chi connectivity index (χ1) is 20.3. The van der Waals surface area contributed by atoms with Gasteiger partial charge in [-0.15, -0.1) is 0 Å². The molecule has 0 bridgehead atoms. The van der Waals surface area contributed by atoms with Crippen molar-refractivity contribution >= 4 is 15.7 Å². The molecular formula is C31H28F2N4O4S. The van der Waals surface area contributed by atoms with Gasteiger partial charge in [0, 0.05) is 42.2 Å². The minimum Gasteiger partial charge on any atom is -0.448 e. The fraction of sp³-hybridized carbons (Fsp3) is 0.161. The van der Waals surface area contributed by atoms with E-state index < -0.39 is 27.8 Å². The van der Waals surface area contributed by atoms with Crippen molar-refractivity contribution in [3.8, 4) is 11.3 Å². The number of pyridine rings is 1. The minimum atomic E-state index is -3.83. The van der Waals surface area contributed by atoms with E-state index in [9.17, 15) is 22.3 Å². The number of oxazole rings is 1. The summed E-state index contributed by atoms with van der Waals surface area (Å²) in [7, 11) is -3.83. The van der Waals surface area contributed by atoms with E-state index in [1.807, 2.05) is 18.2 Å². The van der Waals surface area contributed by atoms with Crippen LogP contribution in [-0.2, 0) is 22.9 Å². The lowest BCUT2D eigenvalue weighted by molar-refractivity contribution is 0.174. The Balaban J connectivity index is 1.13. The van der Waals surface area contributed by atoms with Crippen LogP contribution in [0.1, 0.15) is 28.7 Å². The molecule has 0 saturated heterocycles. The van der Waals surface area contributed by atoms with Gasteiger partial charge < -0.3 is 14.8 Å². The second-order valence-corrected chi connectivity index (χ2v) is 11.3. The van der Waals surface area contributed by atoms with Crippen molar-refractivity contribution in [3.05, 3.63) is 132 Å². The third kappa shape index (κ3) is 7.43. The first-order valence-electron chi connectivity index (χ1n) is 13.2. The molecule has 5 rings (SSSR count). The third-order valence-corrected chi connectivity index (χ3v) is 7.95. The van der Waals surface area contributed by atoms with E-state index in [1.54, 1.807) is 42.7 Å². The highest BCUT2D eigenvalue weighted by Gasteiger charge is 2.16. The van der Waals surface area contributed by atoms with Gasteiger partial charge in [0.25, 0.3) is 10.0 Å². The van der Waals surface area contributed by atoms with Crippen LogP contribution in [0, 0.1) is 11.6 Å². The predicted octanol–water partition coefficient (Wildman–Crippen LogP) is 5.27. The molecule has 0 aliphatic rings. The van der Waals surface area contributed by atoms with Gasteiger partial charge in [0.1, 0.15) is 12.0 Å². The van der Waals surface area contributed by atoms with E-state index in [4.69, 9.17) is 4.42 Å². The summed E-state index contributed by atoms with van der Waals surface area (Å²) in [4.78, 5) is 8.47. The van der Waals surface area contributed by atoms with Gasteiger partial charge in [-0.05, 0) is 66.6 Å². The van der Waals surface area contributed by atoms with Gasteiger partial charge in [0.05, 0.1) is 11.0 Å². The third-order valence-electron chi connectivity index (χ3n) is 6.55. The van der Waals surface area contributed by atoms with Crippen molar-refractivity contribution in [3.63, 3.8) is 0 Å². The first-order valence-corrected chi connectivity index (χ1v) is 14.6. The zero-order valence-corrected chi connectivity index (χ0v) is 23.2. The largest absolute Gasteiger partial charge is 0.448 e. The SMILES string of the molecule is O=S(=O)(Nc1ccc(CCNC[C@H](O)c2cccnc2)cc1)c1ccc(-c2coc(Cc3ccc(F)c(F)c3)n2)cc1. The minimum absolute atomic E-state index is 0.0807. The molecular weight excluding hydrogens is 562 g/mol. The molecule has 11 heteroatoms. The normalized spacial score (nSPS) is 12.3. The summed E-state index contributed by atoms with van der Waals surface area (Å²) in [5, 5.41) is 13.4. The predicted molar refractivity (Wildman–Crippen MR) is 154 cm³/mol. The highest BCUT2D eigenvalue weighted by molar-refractivity contribution is 7.92. The van der Waals surface area contributed by atoms with Gasteiger partial charge in [-0.2, -0.15) is 0 Å². The lowest BCUT2D eigenvalue weighted by atomic mass is 10.1. The molecule has 0 aliphatic carbocycles. The Morgan fingerprint density at radius 2 is 1.69 bits per heavy atom. The fourth-order valence-electron chi connectivity index (χ4n) is 4.27. The molecule has 42 heavy (non-hydrogen) atoms. The van der Waals surface area contributed by atoms with E-state index in [1.165, 1.54) is 24.5 Å². The van der Waals surface area contributed by atoms with Gasteiger partial charge >= 0.3 is 0 Å². The number of aromatic nitrogens is 2. The number of hydrogen-bond acceptors (Lipinski definition) is 7. The zero-order valence-electron chi connectivity index (χ0n) is 22.4. The second kappa shape index (κ2) is 13.0. The topological polar surface area (TPSA) is 117 Å². The summed E-state index contributed by atoms with van der Waals surface area (Å²) in [5.74, 6) is -1.55. The maximum absolute atomic E-state index is 13.5. The maximum Gasteiger partial charge on any atom is 0.261 e. The van der Waals surface area contributed by atoms with Crippen LogP contribution in [0.5, 0.6) is 0 Å².